The zero-order chi connectivity index (χ0) is 18.1. The average Bonchev–Trinajstić information content (AvgIpc) is 3.27. The number of carbonyl (C=O) groups excluding carboxylic acids is 1. The monoisotopic (exact) mass is 360 g/mol. The van der Waals surface area contributed by atoms with Crippen molar-refractivity contribution in [2.75, 3.05) is 39.8 Å². The highest BCUT2D eigenvalue weighted by atomic mass is 19.1. The Kier molecular flexibility index (Phi) is 4.97. The Morgan fingerprint density at radius 2 is 2.00 bits per heavy atom. The Morgan fingerprint density at radius 1 is 1.27 bits per heavy atom. The van der Waals surface area contributed by atoms with E-state index in [1.54, 1.807) is 12.3 Å². The van der Waals surface area contributed by atoms with Crippen molar-refractivity contribution in [1.82, 2.24) is 19.7 Å². The molecule has 5 nitrogen and oxygen atoms in total. The third-order valence-corrected chi connectivity index (χ3v) is 6.61. The predicted molar refractivity (Wildman–Crippen MR) is 98.0 cm³/mol. The molecule has 4 rings (SSSR count). The fourth-order valence-corrected chi connectivity index (χ4v) is 5.01. The molecule has 1 aromatic heterocycles. The SMILES string of the molecule is CN1CC2(CCN(Cc3ccncc3F)CC2)CC1C(=O)N1CCCC1. The summed E-state index contributed by atoms with van der Waals surface area (Å²) in [5.74, 6) is 0.118. The maximum atomic E-state index is 13.8. The zero-order valence-electron chi connectivity index (χ0n) is 15.7. The molecule has 3 aliphatic rings. The van der Waals surface area contributed by atoms with Gasteiger partial charge in [0.15, 0.2) is 0 Å². The summed E-state index contributed by atoms with van der Waals surface area (Å²) in [6, 6.07) is 1.82. The van der Waals surface area contributed by atoms with E-state index in [0.29, 0.717) is 12.5 Å². The highest BCUT2D eigenvalue weighted by Gasteiger charge is 2.47. The van der Waals surface area contributed by atoms with Gasteiger partial charge >= 0.3 is 0 Å². The van der Waals surface area contributed by atoms with Crippen LogP contribution < -0.4 is 0 Å². The number of likely N-dealkylation sites (N-methyl/N-ethyl adjacent to an activating group) is 1. The molecule has 26 heavy (non-hydrogen) atoms. The molecule has 0 saturated carbocycles. The molecule has 0 aliphatic carbocycles. The minimum atomic E-state index is -0.218. The number of piperidine rings is 1. The molecular weight excluding hydrogens is 331 g/mol. The van der Waals surface area contributed by atoms with Crippen LogP contribution >= 0.6 is 0 Å². The molecule has 1 unspecified atom stereocenters. The Bertz CT molecular complexity index is 653. The van der Waals surface area contributed by atoms with Gasteiger partial charge in [-0.1, -0.05) is 0 Å². The molecule has 142 valence electrons. The molecule has 4 heterocycles. The van der Waals surface area contributed by atoms with Gasteiger partial charge in [0.25, 0.3) is 0 Å². The van der Waals surface area contributed by atoms with E-state index in [1.165, 1.54) is 6.20 Å². The van der Waals surface area contributed by atoms with E-state index in [1.807, 2.05) is 0 Å². The lowest BCUT2D eigenvalue weighted by Crippen LogP contribution is -2.42. The third kappa shape index (κ3) is 3.49. The van der Waals surface area contributed by atoms with E-state index in [-0.39, 0.29) is 17.3 Å². The maximum absolute atomic E-state index is 13.8. The first-order valence-corrected chi connectivity index (χ1v) is 9.86. The van der Waals surface area contributed by atoms with E-state index in [0.717, 1.165) is 70.4 Å². The number of halogens is 1. The second-order valence-corrected chi connectivity index (χ2v) is 8.41. The van der Waals surface area contributed by atoms with Crippen molar-refractivity contribution in [2.24, 2.45) is 5.41 Å². The molecule has 3 fully saturated rings. The number of pyridine rings is 1. The molecule has 3 aliphatic heterocycles. The molecule has 1 atom stereocenters. The molecule has 6 heteroatoms. The molecule has 1 spiro atoms. The molecule has 0 N–H and O–H groups in total. The predicted octanol–water partition coefficient (Wildman–Crippen LogP) is 2.13. The quantitative estimate of drug-likeness (QED) is 0.828. The Labute approximate surface area is 155 Å². The van der Waals surface area contributed by atoms with Crippen LogP contribution in [0.15, 0.2) is 18.5 Å². The van der Waals surface area contributed by atoms with Crippen molar-refractivity contribution in [3.8, 4) is 0 Å². The largest absolute Gasteiger partial charge is 0.341 e. The Balaban J connectivity index is 1.35. The molecule has 0 bridgehead atoms. The van der Waals surface area contributed by atoms with Crippen LogP contribution in [-0.2, 0) is 11.3 Å². The number of amides is 1. The van der Waals surface area contributed by atoms with Gasteiger partial charge in [0.2, 0.25) is 5.91 Å². The molecule has 3 saturated heterocycles. The molecule has 0 aromatic carbocycles. The summed E-state index contributed by atoms with van der Waals surface area (Å²) in [6.07, 6.45) is 8.41. The first-order valence-electron chi connectivity index (χ1n) is 9.86. The zero-order valence-corrected chi connectivity index (χ0v) is 15.7. The summed E-state index contributed by atoms with van der Waals surface area (Å²) in [6.45, 7) is 5.47. The van der Waals surface area contributed by atoms with Crippen molar-refractivity contribution in [3.63, 3.8) is 0 Å². The van der Waals surface area contributed by atoms with Crippen molar-refractivity contribution < 1.29 is 9.18 Å². The van der Waals surface area contributed by atoms with Gasteiger partial charge in [-0.2, -0.15) is 0 Å². The van der Waals surface area contributed by atoms with Crippen LogP contribution in [0.1, 0.15) is 37.7 Å². The van der Waals surface area contributed by atoms with Crippen molar-refractivity contribution in [1.29, 1.82) is 0 Å². The van der Waals surface area contributed by atoms with Gasteiger partial charge in [0.05, 0.1) is 12.2 Å². The van der Waals surface area contributed by atoms with E-state index < -0.39 is 0 Å². The smallest absolute Gasteiger partial charge is 0.239 e. The highest BCUT2D eigenvalue weighted by Crippen LogP contribution is 2.43. The van der Waals surface area contributed by atoms with Crippen LogP contribution in [0.5, 0.6) is 0 Å². The molecule has 1 amide bonds. The van der Waals surface area contributed by atoms with E-state index >= 15 is 0 Å². The number of rotatable bonds is 3. The first kappa shape index (κ1) is 17.9. The molecular formula is C20H29FN4O. The summed E-state index contributed by atoms with van der Waals surface area (Å²) < 4.78 is 13.8. The normalized spacial score (nSPS) is 26.7. The number of hydrogen-bond acceptors (Lipinski definition) is 4. The topological polar surface area (TPSA) is 39.7 Å². The van der Waals surface area contributed by atoms with E-state index in [4.69, 9.17) is 0 Å². The number of hydrogen-bond donors (Lipinski definition) is 0. The number of aromatic nitrogens is 1. The highest BCUT2D eigenvalue weighted by molar-refractivity contribution is 5.82. The molecule has 0 radical (unpaired) electrons. The minimum absolute atomic E-state index is 0.0530. The maximum Gasteiger partial charge on any atom is 0.239 e. The number of nitrogens with zero attached hydrogens (tertiary/aromatic N) is 4. The lowest BCUT2D eigenvalue weighted by molar-refractivity contribution is -0.134. The first-order chi connectivity index (χ1) is 12.6. The van der Waals surface area contributed by atoms with Gasteiger partial charge in [0, 0.05) is 37.9 Å². The summed E-state index contributed by atoms with van der Waals surface area (Å²) >= 11 is 0. The minimum Gasteiger partial charge on any atom is -0.341 e. The second-order valence-electron chi connectivity index (χ2n) is 8.41. The van der Waals surface area contributed by atoms with Crippen molar-refractivity contribution in [2.45, 2.75) is 44.7 Å². The Hall–Kier alpha value is -1.53. The molecule has 1 aromatic rings. The fourth-order valence-electron chi connectivity index (χ4n) is 5.01. The van der Waals surface area contributed by atoms with Gasteiger partial charge < -0.3 is 4.90 Å². The second kappa shape index (κ2) is 7.24. The van der Waals surface area contributed by atoms with Crippen molar-refractivity contribution in [3.05, 3.63) is 29.8 Å². The van der Waals surface area contributed by atoms with Crippen LogP contribution in [0.3, 0.4) is 0 Å². The average molecular weight is 360 g/mol. The lowest BCUT2D eigenvalue weighted by atomic mass is 9.76. The Morgan fingerprint density at radius 3 is 2.69 bits per heavy atom. The standard InChI is InChI=1S/C20H29FN4O/c1-23-15-20(12-18(23)19(26)25-8-2-3-9-25)5-10-24(11-6-20)14-16-4-7-22-13-17(16)21/h4,7,13,18H,2-3,5-6,8-12,14-15H2,1H3. The van der Waals surface area contributed by atoms with Crippen LogP contribution in [-0.4, -0.2) is 71.4 Å². The van der Waals surface area contributed by atoms with Gasteiger partial charge in [-0.25, -0.2) is 4.39 Å². The fraction of sp³-hybridized carbons (Fsp3) is 0.700. The van der Waals surface area contributed by atoms with Crippen LogP contribution in [0.25, 0.3) is 0 Å². The van der Waals surface area contributed by atoms with Crippen LogP contribution in [0.4, 0.5) is 4.39 Å². The number of carbonyl (C=O) groups is 1. The van der Waals surface area contributed by atoms with E-state index in [2.05, 4.69) is 26.7 Å². The number of likely N-dealkylation sites (tertiary alicyclic amines) is 3. The van der Waals surface area contributed by atoms with Crippen LogP contribution in [0, 0.1) is 11.2 Å². The third-order valence-electron chi connectivity index (χ3n) is 6.61. The summed E-state index contributed by atoms with van der Waals surface area (Å²) in [4.78, 5) is 23.3. The van der Waals surface area contributed by atoms with Crippen molar-refractivity contribution >= 4 is 5.91 Å². The lowest BCUT2D eigenvalue weighted by Gasteiger charge is -2.39. The van der Waals surface area contributed by atoms with Gasteiger partial charge in [-0.05, 0) is 63.7 Å². The van der Waals surface area contributed by atoms with Gasteiger partial charge in [-0.3, -0.25) is 19.6 Å². The summed E-state index contributed by atoms with van der Waals surface area (Å²) in [5, 5.41) is 0. The van der Waals surface area contributed by atoms with Gasteiger partial charge in [-0.15, -0.1) is 0 Å². The van der Waals surface area contributed by atoms with Crippen LogP contribution in [0.2, 0.25) is 0 Å². The van der Waals surface area contributed by atoms with Gasteiger partial charge in [0.1, 0.15) is 5.82 Å². The van der Waals surface area contributed by atoms with E-state index in [9.17, 15) is 9.18 Å². The summed E-state index contributed by atoms with van der Waals surface area (Å²) in [7, 11) is 2.10. The summed E-state index contributed by atoms with van der Waals surface area (Å²) in [5.41, 5.74) is 0.976.